The van der Waals surface area contributed by atoms with Crippen molar-refractivity contribution < 1.29 is 9.13 Å². The number of morpholine rings is 1. The van der Waals surface area contributed by atoms with Crippen molar-refractivity contribution in [3.63, 3.8) is 0 Å². The average Bonchev–Trinajstić information content (AvgIpc) is 2.19. The van der Waals surface area contributed by atoms with Gasteiger partial charge in [-0.15, -0.1) is 0 Å². The molecule has 0 amide bonds. The number of hydrogen-bond donors (Lipinski definition) is 1. The maximum atomic E-state index is 13.5. The Morgan fingerprint density at radius 2 is 2.36 bits per heavy atom. The van der Waals surface area contributed by atoms with E-state index in [1.165, 1.54) is 0 Å². The van der Waals surface area contributed by atoms with E-state index in [9.17, 15) is 4.39 Å². The summed E-state index contributed by atoms with van der Waals surface area (Å²) in [6.07, 6.45) is 0. The molecule has 1 heterocycles. The number of rotatable bonds is 1. The van der Waals surface area contributed by atoms with E-state index in [1.807, 2.05) is 19.1 Å². The molecule has 0 bridgehead atoms. The Kier molecular flexibility index (Phi) is 2.79. The van der Waals surface area contributed by atoms with Gasteiger partial charge in [0, 0.05) is 12.1 Å². The standard InChI is InChI=1S/C11H14FNO/c1-8-2-3-9(10(12)6-8)11-7-14-5-4-13-11/h2-3,6,11,13H,4-5,7H2,1H3. The second-order valence-corrected chi connectivity index (χ2v) is 3.61. The summed E-state index contributed by atoms with van der Waals surface area (Å²) < 4.78 is 18.8. The van der Waals surface area contributed by atoms with Crippen molar-refractivity contribution in [2.24, 2.45) is 0 Å². The van der Waals surface area contributed by atoms with Crippen LogP contribution in [-0.2, 0) is 4.74 Å². The molecule has 1 aliphatic rings. The van der Waals surface area contributed by atoms with Gasteiger partial charge in [0.15, 0.2) is 0 Å². The van der Waals surface area contributed by atoms with Gasteiger partial charge in [0.2, 0.25) is 0 Å². The molecule has 1 unspecified atom stereocenters. The number of halogens is 1. The molecule has 14 heavy (non-hydrogen) atoms. The van der Waals surface area contributed by atoms with Gasteiger partial charge in [0.1, 0.15) is 5.82 Å². The molecule has 2 rings (SSSR count). The first kappa shape index (κ1) is 9.62. The summed E-state index contributed by atoms with van der Waals surface area (Å²) >= 11 is 0. The summed E-state index contributed by atoms with van der Waals surface area (Å²) in [5.74, 6) is -0.145. The number of aryl methyl sites for hydroxylation is 1. The second-order valence-electron chi connectivity index (χ2n) is 3.61. The molecule has 0 radical (unpaired) electrons. The van der Waals surface area contributed by atoms with E-state index in [2.05, 4.69) is 5.32 Å². The Hall–Kier alpha value is -0.930. The fourth-order valence-electron chi connectivity index (χ4n) is 1.68. The summed E-state index contributed by atoms with van der Waals surface area (Å²) in [6, 6.07) is 5.32. The van der Waals surface area contributed by atoms with Gasteiger partial charge in [-0.25, -0.2) is 4.39 Å². The lowest BCUT2D eigenvalue weighted by Crippen LogP contribution is -2.35. The van der Waals surface area contributed by atoms with E-state index in [-0.39, 0.29) is 11.9 Å². The maximum absolute atomic E-state index is 13.5. The van der Waals surface area contributed by atoms with Crippen molar-refractivity contribution in [2.45, 2.75) is 13.0 Å². The number of benzene rings is 1. The molecule has 1 aromatic carbocycles. The summed E-state index contributed by atoms with van der Waals surface area (Å²) in [4.78, 5) is 0. The lowest BCUT2D eigenvalue weighted by molar-refractivity contribution is 0.0757. The minimum absolute atomic E-state index is 0.00403. The van der Waals surface area contributed by atoms with E-state index in [1.54, 1.807) is 6.07 Å². The van der Waals surface area contributed by atoms with E-state index < -0.39 is 0 Å². The van der Waals surface area contributed by atoms with Crippen LogP contribution in [0.3, 0.4) is 0 Å². The van der Waals surface area contributed by atoms with Gasteiger partial charge in [-0.05, 0) is 18.6 Å². The Morgan fingerprint density at radius 3 is 3.00 bits per heavy atom. The summed E-state index contributed by atoms with van der Waals surface area (Å²) in [6.45, 7) is 3.94. The molecule has 0 saturated carbocycles. The molecule has 0 aromatic heterocycles. The van der Waals surface area contributed by atoms with Crippen molar-refractivity contribution in [1.82, 2.24) is 5.32 Å². The number of ether oxygens (including phenoxy) is 1. The smallest absolute Gasteiger partial charge is 0.128 e. The Morgan fingerprint density at radius 1 is 1.50 bits per heavy atom. The fraction of sp³-hybridized carbons (Fsp3) is 0.455. The first-order valence-corrected chi connectivity index (χ1v) is 4.84. The quantitative estimate of drug-likeness (QED) is 0.737. The highest BCUT2D eigenvalue weighted by atomic mass is 19.1. The number of nitrogens with one attached hydrogen (secondary N) is 1. The van der Waals surface area contributed by atoms with Crippen molar-refractivity contribution in [1.29, 1.82) is 0 Å². The molecule has 0 aliphatic carbocycles. The van der Waals surface area contributed by atoms with Gasteiger partial charge < -0.3 is 10.1 Å². The lowest BCUT2D eigenvalue weighted by Gasteiger charge is -2.24. The van der Waals surface area contributed by atoms with Gasteiger partial charge in [-0.1, -0.05) is 12.1 Å². The van der Waals surface area contributed by atoms with Crippen LogP contribution >= 0.6 is 0 Å². The number of hydrogen-bond acceptors (Lipinski definition) is 2. The zero-order valence-electron chi connectivity index (χ0n) is 8.22. The Bertz CT molecular complexity index is 321. The van der Waals surface area contributed by atoms with E-state index >= 15 is 0 Å². The monoisotopic (exact) mass is 195 g/mol. The van der Waals surface area contributed by atoms with Crippen LogP contribution in [0.5, 0.6) is 0 Å². The minimum Gasteiger partial charge on any atom is -0.378 e. The second kappa shape index (κ2) is 4.07. The highest BCUT2D eigenvalue weighted by molar-refractivity contribution is 5.26. The molecule has 3 heteroatoms. The molecular weight excluding hydrogens is 181 g/mol. The summed E-state index contributed by atoms with van der Waals surface area (Å²) in [5, 5.41) is 3.23. The molecule has 1 saturated heterocycles. The van der Waals surface area contributed by atoms with Gasteiger partial charge >= 0.3 is 0 Å². The van der Waals surface area contributed by atoms with Gasteiger partial charge in [0.25, 0.3) is 0 Å². The van der Waals surface area contributed by atoms with Crippen molar-refractivity contribution >= 4 is 0 Å². The molecule has 1 aliphatic heterocycles. The fourth-order valence-corrected chi connectivity index (χ4v) is 1.68. The molecule has 1 N–H and O–H groups in total. The van der Waals surface area contributed by atoms with Crippen LogP contribution in [0.4, 0.5) is 4.39 Å². The van der Waals surface area contributed by atoms with Gasteiger partial charge in [-0.3, -0.25) is 0 Å². The zero-order chi connectivity index (χ0) is 9.97. The molecule has 2 nitrogen and oxygen atoms in total. The van der Waals surface area contributed by atoms with Crippen LogP contribution in [0.2, 0.25) is 0 Å². The third-order valence-electron chi connectivity index (χ3n) is 2.45. The zero-order valence-corrected chi connectivity index (χ0v) is 8.22. The Balaban J connectivity index is 2.22. The van der Waals surface area contributed by atoms with E-state index in [4.69, 9.17) is 4.74 Å². The average molecular weight is 195 g/mol. The third-order valence-corrected chi connectivity index (χ3v) is 2.45. The highest BCUT2D eigenvalue weighted by Gasteiger charge is 2.18. The van der Waals surface area contributed by atoms with Crippen LogP contribution in [-0.4, -0.2) is 19.8 Å². The van der Waals surface area contributed by atoms with Crippen LogP contribution in [0.15, 0.2) is 18.2 Å². The predicted octanol–water partition coefficient (Wildman–Crippen LogP) is 1.80. The van der Waals surface area contributed by atoms with Crippen molar-refractivity contribution in [2.75, 3.05) is 19.8 Å². The lowest BCUT2D eigenvalue weighted by atomic mass is 10.0. The van der Waals surface area contributed by atoms with Gasteiger partial charge in [-0.2, -0.15) is 0 Å². The van der Waals surface area contributed by atoms with Crippen LogP contribution in [0.25, 0.3) is 0 Å². The molecular formula is C11H14FNO. The topological polar surface area (TPSA) is 21.3 Å². The maximum Gasteiger partial charge on any atom is 0.128 e. The van der Waals surface area contributed by atoms with Crippen molar-refractivity contribution in [3.05, 3.63) is 35.1 Å². The summed E-state index contributed by atoms with van der Waals surface area (Å²) in [5.41, 5.74) is 1.65. The molecule has 76 valence electrons. The van der Waals surface area contributed by atoms with Crippen LogP contribution in [0.1, 0.15) is 17.2 Å². The van der Waals surface area contributed by atoms with Crippen molar-refractivity contribution in [3.8, 4) is 0 Å². The largest absolute Gasteiger partial charge is 0.378 e. The first-order valence-electron chi connectivity index (χ1n) is 4.84. The third kappa shape index (κ3) is 1.94. The van der Waals surface area contributed by atoms with Gasteiger partial charge in [0.05, 0.1) is 19.3 Å². The minimum atomic E-state index is -0.145. The van der Waals surface area contributed by atoms with E-state index in [0.717, 1.165) is 12.1 Å². The summed E-state index contributed by atoms with van der Waals surface area (Å²) in [7, 11) is 0. The normalized spacial score (nSPS) is 22.3. The SMILES string of the molecule is Cc1ccc(C2COCCN2)c(F)c1. The van der Waals surface area contributed by atoms with Crippen LogP contribution < -0.4 is 5.32 Å². The van der Waals surface area contributed by atoms with Crippen LogP contribution in [0, 0.1) is 12.7 Å². The van der Waals surface area contributed by atoms with E-state index in [0.29, 0.717) is 18.8 Å². The highest BCUT2D eigenvalue weighted by Crippen LogP contribution is 2.19. The molecule has 0 spiro atoms. The Labute approximate surface area is 83.1 Å². The molecule has 1 atom stereocenters. The molecule has 1 aromatic rings. The molecule has 1 fully saturated rings. The first-order chi connectivity index (χ1) is 6.77. The predicted molar refractivity (Wildman–Crippen MR) is 52.7 cm³/mol.